The van der Waals surface area contributed by atoms with Crippen LogP contribution in [0, 0.1) is 0 Å². The van der Waals surface area contributed by atoms with E-state index in [1.165, 1.54) is 141 Å². The molecular weight excluding hydrogens is 961 g/mol. The Morgan fingerprint density at radius 1 is 0.269 bits per heavy atom. The number of esters is 3. The van der Waals surface area contributed by atoms with E-state index >= 15 is 0 Å². The monoisotopic (exact) mass is 1080 g/mol. The van der Waals surface area contributed by atoms with E-state index < -0.39 is 6.10 Å². The minimum Gasteiger partial charge on any atom is -0.462 e. The van der Waals surface area contributed by atoms with Crippen molar-refractivity contribution in [1.82, 2.24) is 0 Å². The number of carbonyl (C=O) groups is 3. The average Bonchev–Trinajstić information content (AvgIpc) is 3.44. The van der Waals surface area contributed by atoms with Crippen LogP contribution in [0.15, 0.2) is 109 Å². The van der Waals surface area contributed by atoms with Gasteiger partial charge in [-0.05, 0) is 122 Å². The summed E-state index contributed by atoms with van der Waals surface area (Å²) in [6.07, 6.45) is 89.7. The van der Waals surface area contributed by atoms with Crippen molar-refractivity contribution in [2.75, 3.05) is 13.2 Å². The molecule has 0 aromatic carbocycles. The number of unbranched alkanes of at least 4 members (excludes halogenated alkanes) is 30. The normalized spacial score (nSPS) is 12.8. The number of hydrogen-bond donors (Lipinski definition) is 0. The number of rotatable bonds is 59. The molecule has 0 bridgehead atoms. The molecule has 0 aliphatic rings. The third-order valence-corrected chi connectivity index (χ3v) is 14.0. The van der Waals surface area contributed by atoms with Crippen LogP contribution in [-0.2, 0) is 28.6 Å². The molecule has 0 aliphatic heterocycles. The topological polar surface area (TPSA) is 78.9 Å². The van der Waals surface area contributed by atoms with Crippen LogP contribution in [0.3, 0.4) is 0 Å². The maximum Gasteiger partial charge on any atom is 0.306 e. The van der Waals surface area contributed by atoms with Crippen LogP contribution in [0.25, 0.3) is 0 Å². The molecule has 1 atom stereocenters. The summed E-state index contributed by atoms with van der Waals surface area (Å²) in [7, 11) is 0. The first-order chi connectivity index (χ1) is 38.5. The Labute approximate surface area is 482 Å². The molecule has 78 heavy (non-hydrogen) atoms. The molecule has 0 aliphatic carbocycles. The van der Waals surface area contributed by atoms with Crippen molar-refractivity contribution in [3.05, 3.63) is 109 Å². The van der Waals surface area contributed by atoms with E-state index in [0.29, 0.717) is 19.3 Å². The van der Waals surface area contributed by atoms with Crippen molar-refractivity contribution < 1.29 is 28.6 Å². The molecule has 0 fully saturated rings. The van der Waals surface area contributed by atoms with Gasteiger partial charge in [0.25, 0.3) is 0 Å². The van der Waals surface area contributed by atoms with Gasteiger partial charge in [-0.25, -0.2) is 0 Å². The molecule has 0 aromatic rings. The van der Waals surface area contributed by atoms with Crippen LogP contribution in [0.2, 0.25) is 0 Å². The molecule has 0 rings (SSSR count). The average molecular weight is 1080 g/mol. The van der Waals surface area contributed by atoms with Gasteiger partial charge in [-0.3, -0.25) is 14.4 Å². The SMILES string of the molecule is CC/C=C\C/C=C\C/C=C\C/C=C\C/C=C\C/C=C\C/C=C\CCCCCCCCCCCCCCCC(=O)OCC(COC(=O)CCCCCCC/C=C\CCC)OC(=O)CCCCCCC/C=C\CCCCCCCC. The van der Waals surface area contributed by atoms with E-state index in [2.05, 4.69) is 130 Å². The maximum atomic E-state index is 12.9. The summed E-state index contributed by atoms with van der Waals surface area (Å²) in [5.74, 6) is -0.896. The molecule has 0 saturated carbocycles. The Bertz CT molecular complexity index is 1570. The highest BCUT2D eigenvalue weighted by molar-refractivity contribution is 5.71. The molecular formula is C72H122O6. The van der Waals surface area contributed by atoms with Gasteiger partial charge in [0.15, 0.2) is 6.10 Å². The van der Waals surface area contributed by atoms with E-state index in [9.17, 15) is 14.4 Å². The van der Waals surface area contributed by atoms with Gasteiger partial charge in [0, 0.05) is 19.3 Å². The lowest BCUT2D eigenvalue weighted by atomic mass is 10.0. The predicted molar refractivity (Wildman–Crippen MR) is 339 cm³/mol. The maximum absolute atomic E-state index is 12.9. The van der Waals surface area contributed by atoms with Crippen LogP contribution < -0.4 is 0 Å². The summed E-state index contributed by atoms with van der Waals surface area (Å²) in [5.41, 5.74) is 0. The van der Waals surface area contributed by atoms with E-state index in [4.69, 9.17) is 14.2 Å². The summed E-state index contributed by atoms with van der Waals surface area (Å²) < 4.78 is 16.9. The lowest BCUT2D eigenvalue weighted by Gasteiger charge is -2.18. The molecule has 1 unspecified atom stereocenters. The fourth-order valence-corrected chi connectivity index (χ4v) is 9.07. The van der Waals surface area contributed by atoms with Crippen molar-refractivity contribution >= 4 is 17.9 Å². The van der Waals surface area contributed by atoms with E-state index in [-0.39, 0.29) is 31.1 Å². The van der Waals surface area contributed by atoms with Gasteiger partial charge in [-0.2, -0.15) is 0 Å². The summed E-state index contributed by atoms with van der Waals surface area (Å²) in [6.45, 7) is 6.46. The number of ether oxygens (including phenoxy) is 3. The zero-order chi connectivity index (χ0) is 56.4. The fourth-order valence-electron chi connectivity index (χ4n) is 9.07. The first kappa shape index (κ1) is 74.1. The number of carbonyl (C=O) groups excluding carboxylic acids is 3. The lowest BCUT2D eigenvalue weighted by molar-refractivity contribution is -0.167. The molecule has 0 aromatic heterocycles. The third kappa shape index (κ3) is 62.9. The van der Waals surface area contributed by atoms with Crippen molar-refractivity contribution in [2.24, 2.45) is 0 Å². The molecule has 446 valence electrons. The minimum absolute atomic E-state index is 0.0827. The van der Waals surface area contributed by atoms with Crippen molar-refractivity contribution in [1.29, 1.82) is 0 Å². The Morgan fingerprint density at radius 2 is 0.526 bits per heavy atom. The second kappa shape index (κ2) is 65.6. The van der Waals surface area contributed by atoms with E-state index in [1.807, 2.05) is 0 Å². The molecule has 0 saturated heterocycles. The molecule has 0 N–H and O–H groups in total. The molecule has 0 radical (unpaired) electrons. The molecule has 6 nitrogen and oxygen atoms in total. The van der Waals surface area contributed by atoms with Gasteiger partial charge in [-0.15, -0.1) is 0 Å². The van der Waals surface area contributed by atoms with Gasteiger partial charge in [0.2, 0.25) is 0 Å². The quantitative estimate of drug-likeness (QED) is 0.0261. The zero-order valence-corrected chi connectivity index (χ0v) is 51.2. The van der Waals surface area contributed by atoms with Gasteiger partial charge >= 0.3 is 17.9 Å². The van der Waals surface area contributed by atoms with Gasteiger partial charge < -0.3 is 14.2 Å². The van der Waals surface area contributed by atoms with Gasteiger partial charge in [-0.1, -0.05) is 278 Å². The predicted octanol–water partition coefficient (Wildman–Crippen LogP) is 22.6. The first-order valence-electron chi connectivity index (χ1n) is 32.9. The summed E-state index contributed by atoms with van der Waals surface area (Å²) >= 11 is 0. The first-order valence-corrected chi connectivity index (χ1v) is 32.9. The van der Waals surface area contributed by atoms with Crippen molar-refractivity contribution in [3.63, 3.8) is 0 Å². The smallest absolute Gasteiger partial charge is 0.306 e. The van der Waals surface area contributed by atoms with Crippen LogP contribution in [0.5, 0.6) is 0 Å². The number of hydrogen-bond acceptors (Lipinski definition) is 6. The van der Waals surface area contributed by atoms with Crippen LogP contribution in [0.1, 0.15) is 310 Å². The largest absolute Gasteiger partial charge is 0.462 e. The Kier molecular flexibility index (Phi) is 62.3. The number of allylic oxidation sites excluding steroid dienone is 18. The Balaban J connectivity index is 4.12. The summed E-state index contributed by atoms with van der Waals surface area (Å²) in [6, 6.07) is 0. The highest BCUT2D eigenvalue weighted by Gasteiger charge is 2.19. The summed E-state index contributed by atoms with van der Waals surface area (Å²) in [4.78, 5) is 38.2. The molecule has 0 amide bonds. The summed E-state index contributed by atoms with van der Waals surface area (Å²) in [5, 5.41) is 0. The van der Waals surface area contributed by atoms with E-state index in [0.717, 1.165) is 128 Å². The van der Waals surface area contributed by atoms with Crippen molar-refractivity contribution in [3.8, 4) is 0 Å². The van der Waals surface area contributed by atoms with Gasteiger partial charge in [0.05, 0.1) is 0 Å². The van der Waals surface area contributed by atoms with E-state index in [1.54, 1.807) is 0 Å². The van der Waals surface area contributed by atoms with Crippen LogP contribution in [-0.4, -0.2) is 37.2 Å². The zero-order valence-electron chi connectivity index (χ0n) is 51.2. The Morgan fingerprint density at radius 3 is 0.846 bits per heavy atom. The molecule has 6 heteroatoms. The standard InChI is InChI=1S/C72H122O6/c1-4-7-10-13-16-19-22-24-26-27-28-29-30-31-32-33-34-35-36-37-38-39-40-41-42-43-44-45-47-48-50-53-56-59-62-65-71(74)77-68-69(67-76-70(73)64-61-58-55-52-21-18-15-12-9-6-3)78-72(75)66-63-60-57-54-51-49-46-25-23-20-17-14-11-8-5-2/h7,10,12,15-16,19,24-26,28-29,31-32,34-35,37-38,46,69H,4-6,8-9,11,13-14,17-18,20-23,27,30,33,36,39-45,47-68H2,1-3H3/b10-7-,15-12-,19-16-,26-24-,29-28-,32-31-,35-34-,38-37-,46-25-. The van der Waals surface area contributed by atoms with Crippen LogP contribution >= 0.6 is 0 Å². The third-order valence-electron chi connectivity index (χ3n) is 14.0. The molecule has 0 heterocycles. The fraction of sp³-hybridized carbons (Fsp3) is 0.708. The van der Waals surface area contributed by atoms with Crippen molar-refractivity contribution in [2.45, 2.75) is 316 Å². The second-order valence-corrected chi connectivity index (χ2v) is 21.6. The highest BCUT2D eigenvalue weighted by Crippen LogP contribution is 2.16. The molecule has 0 spiro atoms. The highest BCUT2D eigenvalue weighted by atomic mass is 16.6. The van der Waals surface area contributed by atoms with Gasteiger partial charge in [0.1, 0.15) is 13.2 Å². The minimum atomic E-state index is -0.785. The Hall–Kier alpha value is -3.93. The lowest BCUT2D eigenvalue weighted by Crippen LogP contribution is -2.30. The van der Waals surface area contributed by atoms with Crippen LogP contribution in [0.4, 0.5) is 0 Å². The second-order valence-electron chi connectivity index (χ2n) is 21.6.